The van der Waals surface area contributed by atoms with E-state index in [1.807, 2.05) is 43.3 Å². The number of nitrogens with one attached hydrogen (secondary N) is 1. The number of carbonyl (C=O) groups excluding carboxylic acids is 2. The third-order valence-electron chi connectivity index (χ3n) is 7.41. The minimum atomic E-state index is -0.950. The van der Waals surface area contributed by atoms with Crippen molar-refractivity contribution < 1.29 is 24.5 Å². The van der Waals surface area contributed by atoms with E-state index in [1.165, 1.54) is 0 Å². The molecule has 0 bridgehead atoms. The largest absolute Gasteiger partial charge is 0.483 e. The van der Waals surface area contributed by atoms with E-state index in [2.05, 4.69) is 10.4 Å². The van der Waals surface area contributed by atoms with Gasteiger partial charge in [0.2, 0.25) is 5.91 Å². The summed E-state index contributed by atoms with van der Waals surface area (Å²) < 4.78 is 7.46. The summed E-state index contributed by atoms with van der Waals surface area (Å²) in [5.74, 6) is 0.420. The molecule has 3 N–H and O–H groups in total. The highest BCUT2D eigenvalue weighted by atomic mass is 16.5. The smallest absolute Gasteiger partial charge is 0.257 e. The molecule has 0 radical (unpaired) electrons. The number of piperidine rings is 1. The number of likely N-dealkylation sites (tertiary alicyclic amines) is 1. The Hall–Kier alpha value is -2.91. The van der Waals surface area contributed by atoms with Crippen LogP contribution in [0.4, 0.5) is 0 Å². The first kappa shape index (κ1) is 25.2. The summed E-state index contributed by atoms with van der Waals surface area (Å²) in [5.41, 5.74) is 2.38. The van der Waals surface area contributed by atoms with Crippen LogP contribution >= 0.6 is 0 Å². The molecule has 9 heteroatoms. The Labute approximate surface area is 206 Å². The number of para-hydroxylation sites is 1. The molecule has 1 aromatic carbocycles. The number of hydrogen-bond acceptors (Lipinski definition) is 6. The van der Waals surface area contributed by atoms with Gasteiger partial charge >= 0.3 is 0 Å². The van der Waals surface area contributed by atoms with Crippen LogP contribution in [0.25, 0.3) is 0 Å². The number of nitrogens with zero attached hydrogens (tertiary/aromatic N) is 3. The molecule has 0 aliphatic carbocycles. The number of carbonyl (C=O) groups is 2. The van der Waals surface area contributed by atoms with Gasteiger partial charge in [0.05, 0.1) is 17.9 Å². The molecule has 4 rings (SSSR count). The Bertz CT molecular complexity index is 1040. The summed E-state index contributed by atoms with van der Waals surface area (Å²) in [4.78, 5) is 27.2. The predicted octanol–water partition coefficient (Wildman–Crippen LogP) is 1.13. The summed E-state index contributed by atoms with van der Waals surface area (Å²) >= 11 is 0. The zero-order chi connectivity index (χ0) is 25.0. The summed E-state index contributed by atoms with van der Waals surface area (Å²) in [7, 11) is 1.88. The lowest BCUT2D eigenvalue weighted by atomic mass is 9.73. The zero-order valence-electron chi connectivity index (χ0n) is 20.6. The first-order valence-corrected chi connectivity index (χ1v) is 12.4. The second kappa shape index (κ2) is 10.8. The van der Waals surface area contributed by atoms with E-state index >= 15 is 0 Å². The van der Waals surface area contributed by atoms with Crippen LogP contribution in [0.15, 0.2) is 30.5 Å². The number of amides is 2. The van der Waals surface area contributed by atoms with Crippen molar-refractivity contribution in [1.29, 1.82) is 0 Å². The summed E-state index contributed by atoms with van der Waals surface area (Å²) in [6.07, 6.45) is 3.03. The van der Waals surface area contributed by atoms with Crippen molar-refractivity contribution in [3.8, 4) is 5.75 Å². The maximum absolute atomic E-state index is 12.9. The summed E-state index contributed by atoms with van der Waals surface area (Å²) in [6, 6.07) is 7.25. The van der Waals surface area contributed by atoms with Gasteiger partial charge in [-0.25, -0.2) is 0 Å². The maximum Gasteiger partial charge on any atom is 0.257 e. The van der Waals surface area contributed by atoms with Crippen LogP contribution in [0.2, 0.25) is 0 Å². The fourth-order valence-corrected chi connectivity index (χ4v) is 5.21. The molecule has 3 heterocycles. The molecule has 0 unspecified atom stereocenters. The number of benzene rings is 1. The molecule has 2 aliphatic heterocycles. The fourth-order valence-electron chi connectivity index (χ4n) is 5.21. The van der Waals surface area contributed by atoms with Crippen molar-refractivity contribution in [1.82, 2.24) is 20.0 Å². The fraction of sp³-hybridized carbons (Fsp3) is 0.577. The lowest BCUT2D eigenvalue weighted by molar-refractivity contribution is -0.134. The summed E-state index contributed by atoms with van der Waals surface area (Å²) in [6.45, 7) is 3.33. The van der Waals surface area contributed by atoms with E-state index in [-0.39, 0.29) is 24.8 Å². The van der Waals surface area contributed by atoms with E-state index in [0.717, 1.165) is 16.8 Å². The Morgan fingerprint density at radius 3 is 2.69 bits per heavy atom. The number of hydrogen-bond donors (Lipinski definition) is 3. The van der Waals surface area contributed by atoms with Crippen molar-refractivity contribution in [3.05, 3.63) is 47.3 Å². The first-order chi connectivity index (χ1) is 16.7. The molecule has 2 atom stereocenters. The van der Waals surface area contributed by atoms with E-state index in [1.54, 1.807) is 10.7 Å². The number of ether oxygens (including phenoxy) is 1. The standard InChI is InChI=1S/C26H36N4O5/c1-18-20(15-29(2)28-18)7-8-25(34)30-11-9-26(10-12-30)14-22(32)21(31)13-19-5-3-4-6-23(19)35-16-24(33)27-17-26/h3-6,15,21-22,31-32H,7-14,16-17H2,1-2H3,(H,27,33)/t21-,22+/m0/s1. The zero-order valence-corrected chi connectivity index (χ0v) is 20.6. The molecule has 1 spiro atoms. The second-order valence-electron chi connectivity index (χ2n) is 10.0. The average Bonchev–Trinajstić information content (AvgIpc) is 3.17. The van der Waals surface area contributed by atoms with Crippen molar-refractivity contribution in [2.75, 3.05) is 26.2 Å². The molecule has 0 saturated carbocycles. The lowest BCUT2D eigenvalue weighted by Gasteiger charge is -2.43. The van der Waals surface area contributed by atoms with E-state index in [4.69, 9.17) is 4.74 Å². The topological polar surface area (TPSA) is 117 Å². The molecule has 1 aromatic heterocycles. The van der Waals surface area contributed by atoms with Gasteiger partial charge in [0.1, 0.15) is 5.75 Å². The van der Waals surface area contributed by atoms with Crippen LogP contribution in [0.3, 0.4) is 0 Å². The highest BCUT2D eigenvalue weighted by molar-refractivity contribution is 5.78. The monoisotopic (exact) mass is 484 g/mol. The van der Waals surface area contributed by atoms with Gasteiger partial charge < -0.3 is 25.2 Å². The van der Waals surface area contributed by atoms with Gasteiger partial charge in [-0.15, -0.1) is 0 Å². The molecule has 2 aliphatic rings. The maximum atomic E-state index is 12.9. The first-order valence-electron chi connectivity index (χ1n) is 12.4. The molecular formula is C26H36N4O5. The number of aryl methyl sites for hydroxylation is 3. The van der Waals surface area contributed by atoms with Gasteiger partial charge in [0.25, 0.3) is 5.91 Å². The van der Waals surface area contributed by atoms with Crippen molar-refractivity contribution in [3.63, 3.8) is 0 Å². The SMILES string of the molecule is Cc1nn(C)cc1CCC(=O)N1CCC2(CC1)CNC(=O)COc1ccccc1C[C@H](O)[C@H](O)C2. The van der Waals surface area contributed by atoms with Crippen molar-refractivity contribution in [2.45, 2.75) is 57.7 Å². The van der Waals surface area contributed by atoms with Crippen LogP contribution < -0.4 is 10.1 Å². The Balaban J connectivity index is 1.39. The number of aliphatic hydroxyl groups excluding tert-OH is 2. The lowest BCUT2D eigenvalue weighted by Crippen LogP contribution is -2.51. The van der Waals surface area contributed by atoms with E-state index in [0.29, 0.717) is 57.5 Å². The molecule has 35 heavy (non-hydrogen) atoms. The van der Waals surface area contributed by atoms with Gasteiger partial charge in [0.15, 0.2) is 6.61 Å². The van der Waals surface area contributed by atoms with Gasteiger partial charge in [-0.1, -0.05) is 18.2 Å². The second-order valence-corrected chi connectivity index (χ2v) is 10.0. The van der Waals surface area contributed by atoms with Crippen LogP contribution in [0.5, 0.6) is 5.75 Å². The number of aliphatic hydroxyl groups is 2. The molecule has 2 amide bonds. The highest BCUT2D eigenvalue weighted by Crippen LogP contribution is 2.37. The molecule has 1 saturated heterocycles. The van der Waals surface area contributed by atoms with Crippen LogP contribution in [-0.4, -0.2) is 75.2 Å². The Kier molecular flexibility index (Phi) is 7.76. The minimum Gasteiger partial charge on any atom is -0.483 e. The molecular weight excluding hydrogens is 448 g/mol. The Morgan fingerprint density at radius 2 is 1.97 bits per heavy atom. The van der Waals surface area contributed by atoms with Gasteiger partial charge in [-0.2, -0.15) is 5.10 Å². The van der Waals surface area contributed by atoms with Crippen LogP contribution in [-0.2, 0) is 29.5 Å². The highest BCUT2D eigenvalue weighted by Gasteiger charge is 2.39. The van der Waals surface area contributed by atoms with Crippen molar-refractivity contribution in [2.24, 2.45) is 12.5 Å². The molecule has 9 nitrogen and oxygen atoms in total. The minimum absolute atomic E-state index is 0.103. The average molecular weight is 485 g/mol. The molecule has 2 aromatic rings. The summed E-state index contributed by atoms with van der Waals surface area (Å²) in [5, 5.41) is 28.9. The van der Waals surface area contributed by atoms with E-state index in [9.17, 15) is 19.8 Å². The Morgan fingerprint density at radius 1 is 1.23 bits per heavy atom. The molecule has 1 fully saturated rings. The van der Waals surface area contributed by atoms with Crippen molar-refractivity contribution >= 4 is 11.8 Å². The predicted molar refractivity (Wildman–Crippen MR) is 130 cm³/mol. The normalized spacial score (nSPS) is 23.0. The third-order valence-corrected chi connectivity index (χ3v) is 7.41. The number of rotatable bonds is 3. The van der Waals surface area contributed by atoms with E-state index < -0.39 is 17.6 Å². The number of aromatic nitrogens is 2. The van der Waals surface area contributed by atoms with Crippen LogP contribution in [0.1, 0.15) is 42.5 Å². The third kappa shape index (κ3) is 6.21. The molecule has 190 valence electrons. The van der Waals surface area contributed by atoms with Gasteiger partial charge in [-0.3, -0.25) is 14.3 Å². The number of fused-ring (bicyclic) bond motifs is 1. The van der Waals surface area contributed by atoms with Gasteiger partial charge in [0, 0.05) is 45.7 Å². The van der Waals surface area contributed by atoms with Gasteiger partial charge in [-0.05, 0) is 55.2 Å². The van der Waals surface area contributed by atoms with Crippen LogP contribution in [0, 0.1) is 12.3 Å². The quantitative estimate of drug-likeness (QED) is 0.602.